The Balaban J connectivity index is 1.53. The molecule has 6 nitrogen and oxygen atoms in total. The van der Waals surface area contributed by atoms with Crippen molar-refractivity contribution in [3.8, 4) is 6.07 Å². The maximum absolute atomic E-state index is 12.8. The van der Waals surface area contributed by atoms with E-state index in [0.29, 0.717) is 16.0 Å². The van der Waals surface area contributed by atoms with Crippen molar-refractivity contribution < 1.29 is 14.3 Å². The molecule has 4 rings (SSSR count). The number of carbonyl (C=O) groups is 2. The number of rotatable bonds is 4. The number of morpholine rings is 1. The maximum atomic E-state index is 12.8. The van der Waals surface area contributed by atoms with E-state index in [9.17, 15) is 14.9 Å². The number of nitrogens with zero attached hydrogens (tertiary/aromatic N) is 3. The summed E-state index contributed by atoms with van der Waals surface area (Å²) in [6, 6.07) is 15.2. The van der Waals surface area contributed by atoms with Crippen molar-refractivity contribution in [2.45, 2.75) is 13.5 Å². The van der Waals surface area contributed by atoms with Gasteiger partial charge in [-0.1, -0.05) is 24.3 Å². The van der Waals surface area contributed by atoms with E-state index in [1.165, 1.54) is 4.90 Å². The molecule has 2 heterocycles. The zero-order valence-corrected chi connectivity index (χ0v) is 17.4. The van der Waals surface area contributed by atoms with Gasteiger partial charge in [0, 0.05) is 18.8 Å². The van der Waals surface area contributed by atoms with E-state index < -0.39 is 0 Å². The molecule has 0 atom stereocenters. The summed E-state index contributed by atoms with van der Waals surface area (Å²) in [7, 11) is 0. The minimum absolute atomic E-state index is 0.0980. The summed E-state index contributed by atoms with van der Waals surface area (Å²) in [6.45, 7) is 5.33. The molecular weight excluding hydrogens is 398 g/mol. The highest BCUT2D eigenvalue weighted by Crippen LogP contribution is 2.34. The second-order valence-corrected chi connectivity index (χ2v) is 8.18. The number of benzene rings is 2. The summed E-state index contributed by atoms with van der Waals surface area (Å²) in [6.07, 6.45) is 1.76. The van der Waals surface area contributed by atoms with Crippen LogP contribution >= 0.6 is 11.8 Å². The van der Waals surface area contributed by atoms with Gasteiger partial charge in [0.2, 0.25) is 0 Å². The van der Waals surface area contributed by atoms with Gasteiger partial charge in [-0.15, -0.1) is 0 Å². The average molecular weight is 420 g/mol. The third-order valence-corrected chi connectivity index (χ3v) is 6.12. The van der Waals surface area contributed by atoms with Crippen LogP contribution in [0.25, 0.3) is 6.08 Å². The third kappa shape index (κ3) is 4.11. The molecule has 152 valence electrons. The summed E-state index contributed by atoms with van der Waals surface area (Å²) in [5, 5.41) is 8.93. The predicted octanol–water partition coefficient (Wildman–Crippen LogP) is 3.94. The number of imide groups is 1. The van der Waals surface area contributed by atoms with Crippen LogP contribution in [-0.2, 0) is 16.1 Å². The Kier molecular flexibility index (Phi) is 5.88. The van der Waals surface area contributed by atoms with E-state index in [1.807, 2.05) is 19.1 Å². The molecule has 2 fully saturated rings. The van der Waals surface area contributed by atoms with Gasteiger partial charge in [0.1, 0.15) is 0 Å². The van der Waals surface area contributed by atoms with Crippen molar-refractivity contribution in [2.24, 2.45) is 0 Å². The number of nitriles is 1. The van der Waals surface area contributed by atoms with Crippen LogP contribution in [0.1, 0.15) is 22.3 Å². The van der Waals surface area contributed by atoms with Gasteiger partial charge in [-0.3, -0.25) is 14.5 Å². The number of hydrogen-bond donors (Lipinski definition) is 0. The molecule has 7 heteroatoms. The van der Waals surface area contributed by atoms with Gasteiger partial charge >= 0.3 is 0 Å². The number of carbonyl (C=O) groups excluding carboxylic acids is 2. The van der Waals surface area contributed by atoms with E-state index in [2.05, 4.69) is 17.0 Å². The van der Waals surface area contributed by atoms with E-state index in [1.54, 1.807) is 30.3 Å². The quantitative estimate of drug-likeness (QED) is 0.699. The Bertz CT molecular complexity index is 1070. The highest BCUT2D eigenvalue weighted by Gasteiger charge is 2.35. The molecule has 0 aromatic heterocycles. The van der Waals surface area contributed by atoms with Gasteiger partial charge in [0.05, 0.1) is 36.3 Å². The molecule has 30 heavy (non-hydrogen) atoms. The zero-order valence-electron chi connectivity index (χ0n) is 16.6. The average Bonchev–Trinajstić information content (AvgIpc) is 3.02. The summed E-state index contributed by atoms with van der Waals surface area (Å²) in [5.74, 6) is -0.326. The fourth-order valence-electron chi connectivity index (χ4n) is 3.65. The minimum Gasteiger partial charge on any atom is -0.378 e. The molecule has 2 saturated heterocycles. The first-order chi connectivity index (χ1) is 14.6. The van der Waals surface area contributed by atoms with Crippen molar-refractivity contribution in [3.63, 3.8) is 0 Å². The van der Waals surface area contributed by atoms with Crippen molar-refractivity contribution >= 4 is 34.7 Å². The summed E-state index contributed by atoms with van der Waals surface area (Å²) in [4.78, 5) is 29.2. The lowest BCUT2D eigenvalue weighted by Gasteiger charge is -2.30. The van der Waals surface area contributed by atoms with Crippen LogP contribution in [0.3, 0.4) is 0 Å². The zero-order chi connectivity index (χ0) is 21.1. The van der Waals surface area contributed by atoms with E-state index >= 15 is 0 Å². The van der Waals surface area contributed by atoms with Crippen LogP contribution < -0.4 is 4.90 Å². The molecule has 2 aliphatic heterocycles. The maximum Gasteiger partial charge on any atom is 0.293 e. The SMILES string of the molecule is Cc1cc(/C=C2/SC(=O)N(Cc3ccccc3C#N)C2=O)ccc1N1CCOCC1. The normalized spacial score (nSPS) is 18.2. The van der Waals surface area contributed by atoms with Crippen LogP contribution in [0.2, 0.25) is 0 Å². The lowest BCUT2D eigenvalue weighted by Crippen LogP contribution is -2.36. The lowest BCUT2D eigenvalue weighted by molar-refractivity contribution is -0.123. The Morgan fingerprint density at radius 1 is 1.17 bits per heavy atom. The molecule has 0 N–H and O–H groups in total. The minimum atomic E-state index is -0.326. The van der Waals surface area contributed by atoms with Gasteiger partial charge in [-0.2, -0.15) is 5.26 Å². The van der Waals surface area contributed by atoms with Crippen molar-refractivity contribution in [3.05, 3.63) is 69.6 Å². The first-order valence-corrected chi connectivity index (χ1v) is 10.5. The van der Waals surface area contributed by atoms with Crippen LogP contribution in [0, 0.1) is 18.3 Å². The molecule has 2 amide bonds. The topological polar surface area (TPSA) is 73.6 Å². The third-order valence-electron chi connectivity index (χ3n) is 5.21. The van der Waals surface area contributed by atoms with E-state index in [4.69, 9.17) is 4.74 Å². The van der Waals surface area contributed by atoms with E-state index in [0.717, 1.165) is 54.9 Å². The van der Waals surface area contributed by atoms with Gasteiger partial charge in [0.15, 0.2) is 0 Å². The van der Waals surface area contributed by atoms with Crippen LogP contribution in [-0.4, -0.2) is 42.3 Å². The smallest absolute Gasteiger partial charge is 0.293 e. The van der Waals surface area contributed by atoms with Crippen molar-refractivity contribution in [1.82, 2.24) is 4.90 Å². The van der Waals surface area contributed by atoms with Gasteiger partial charge in [0.25, 0.3) is 11.1 Å². The Hall–Kier alpha value is -3.08. The number of hydrogen-bond acceptors (Lipinski definition) is 6. The Labute approximate surface area is 179 Å². The molecule has 0 unspecified atom stereocenters. The molecule has 0 bridgehead atoms. The largest absolute Gasteiger partial charge is 0.378 e. The number of thioether (sulfide) groups is 1. The highest BCUT2D eigenvalue weighted by atomic mass is 32.2. The van der Waals surface area contributed by atoms with Crippen molar-refractivity contribution in [2.75, 3.05) is 31.2 Å². The van der Waals surface area contributed by atoms with Gasteiger partial charge < -0.3 is 9.64 Å². The van der Waals surface area contributed by atoms with Gasteiger partial charge in [-0.25, -0.2) is 0 Å². The Morgan fingerprint density at radius 3 is 2.67 bits per heavy atom. The standard InChI is InChI=1S/C23H21N3O3S/c1-16-12-17(6-7-20(16)25-8-10-29-11-9-25)13-21-22(27)26(23(28)30-21)15-19-5-3-2-4-18(19)14-24/h2-7,12-13H,8-11,15H2,1H3/b21-13+. The monoisotopic (exact) mass is 419 g/mol. The molecule has 0 aliphatic carbocycles. The number of aryl methyl sites for hydroxylation is 1. The first-order valence-electron chi connectivity index (χ1n) is 9.73. The Morgan fingerprint density at radius 2 is 1.93 bits per heavy atom. The molecule has 0 spiro atoms. The summed E-state index contributed by atoms with van der Waals surface area (Å²) >= 11 is 0.936. The number of amides is 2. The van der Waals surface area contributed by atoms with Crippen molar-refractivity contribution in [1.29, 1.82) is 5.26 Å². The van der Waals surface area contributed by atoms with Crippen LogP contribution in [0.4, 0.5) is 10.5 Å². The first kappa shape index (κ1) is 20.2. The van der Waals surface area contributed by atoms with E-state index in [-0.39, 0.29) is 17.7 Å². The second-order valence-electron chi connectivity index (χ2n) is 7.18. The summed E-state index contributed by atoms with van der Waals surface area (Å²) in [5.41, 5.74) is 4.29. The number of ether oxygens (including phenoxy) is 1. The number of anilines is 1. The van der Waals surface area contributed by atoms with Crippen LogP contribution in [0.15, 0.2) is 47.4 Å². The molecule has 0 saturated carbocycles. The predicted molar refractivity (Wildman–Crippen MR) is 117 cm³/mol. The lowest BCUT2D eigenvalue weighted by atomic mass is 10.1. The fourth-order valence-corrected chi connectivity index (χ4v) is 4.49. The van der Waals surface area contributed by atoms with Gasteiger partial charge in [-0.05, 0) is 59.7 Å². The van der Waals surface area contributed by atoms with Crippen LogP contribution in [0.5, 0.6) is 0 Å². The second kappa shape index (κ2) is 8.74. The fraction of sp³-hybridized carbons (Fsp3) is 0.261. The molecule has 2 aliphatic rings. The molecule has 2 aromatic carbocycles. The molecular formula is C23H21N3O3S. The molecule has 2 aromatic rings. The molecule has 0 radical (unpaired) electrons. The highest BCUT2D eigenvalue weighted by molar-refractivity contribution is 8.18. The summed E-state index contributed by atoms with van der Waals surface area (Å²) < 4.78 is 5.42.